The zero-order valence-corrected chi connectivity index (χ0v) is 20.0. The van der Waals surface area contributed by atoms with Gasteiger partial charge in [-0.1, -0.05) is 41.4 Å². The Labute approximate surface area is 207 Å². The summed E-state index contributed by atoms with van der Waals surface area (Å²) >= 11 is 12.7. The van der Waals surface area contributed by atoms with Gasteiger partial charge in [-0.25, -0.2) is 4.99 Å². The standard InChI is InChI=1S/C23H19Cl2N5.C2H4O2/c24-18-5-6-20(25)19(14-18)15-3-1-4-17(13-15)23(16-7-10-27-11-8-16)21-28-9-2-12-30(21)22(26)29-23;1-2(3)4/h1,3-8,10-11,13-14H,2,9,12H2,(H2,26,29);1H3,(H,3,4). The van der Waals surface area contributed by atoms with Crippen LogP contribution in [0.3, 0.4) is 0 Å². The third kappa shape index (κ3) is 4.49. The van der Waals surface area contributed by atoms with Crippen LogP contribution in [0.2, 0.25) is 10.0 Å². The summed E-state index contributed by atoms with van der Waals surface area (Å²) in [5.41, 5.74) is 9.31. The molecule has 3 aromatic rings. The summed E-state index contributed by atoms with van der Waals surface area (Å²) in [6.07, 6.45) is 4.49. The highest BCUT2D eigenvalue weighted by atomic mass is 35.5. The van der Waals surface area contributed by atoms with Crippen molar-refractivity contribution in [3.05, 3.63) is 88.2 Å². The van der Waals surface area contributed by atoms with Crippen molar-refractivity contribution in [2.75, 3.05) is 13.1 Å². The number of aliphatic carboxylic acids is 1. The normalized spacial score (nSPS) is 18.9. The molecular formula is C25H23Cl2N5O2. The van der Waals surface area contributed by atoms with Crippen molar-refractivity contribution in [1.29, 1.82) is 0 Å². The Kier molecular flexibility index (Phi) is 6.86. The van der Waals surface area contributed by atoms with Crippen LogP contribution in [0.5, 0.6) is 0 Å². The SMILES string of the molecule is CC(=O)O.NC1=NC(c2ccncc2)(c2cccc(-c3cc(Cl)ccc3Cl)c2)C2=NCCCN12. The van der Waals surface area contributed by atoms with Gasteiger partial charge in [0.05, 0.1) is 0 Å². The second-order valence-electron chi connectivity index (χ2n) is 7.85. The number of nitrogens with two attached hydrogens (primary N) is 1. The van der Waals surface area contributed by atoms with Crippen LogP contribution in [-0.4, -0.2) is 45.8 Å². The molecule has 1 atom stereocenters. The summed E-state index contributed by atoms with van der Waals surface area (Å²) in [5, 5.41) is 8.69. The Morgan fingerprint density at radius 2 is 1.82 bits per heavy atom. The van der Waals surface area contributed by atoms with Gasteiger partial charge < -0.3 is 10.8 Å². The molecule has 1 aromatic heterocycles. The van der Waals surface area contributed by atoms with Crippen molar-refractivity contribution in [2.24, 2.45) is 15.7 Å². The lowest BCUT2D eigenvalue weighted by atomic mass is 9.81. The molecular weight excluding hydrogens is 473 g/mol. The Morgan fingerprint density at radius 1 is 1.09 bits per heavy atom. The van der Waals surface area contributed by atoms with Gasteiger partial charge in [0.15, 0.2) is 11.5 Å². The van der Waals surface area contributed by atoms with Gasteiger partial charge in [-0.2, -0.15) is 0 Å². The van der Waals surface area contributed by atoms with Crippen molar-refractivity contribution < 1.29 is 9.90 Å². The molecule has 0 amide bonds. The first-order valence-corrected chi connectivity index (χ1v) is 11.4. The number of fused-ring (bicyclic) bond motifs is 1. The Hall–Kier alpha value is -3.42. The highest BCUT2D eigenvalue weighted by molar-refractivity contribution is 6.35. The number of pyridine rings is 1. The van der Waals surface area contributed by atoms with E-state index < -0.39 is 11.5 Å². The summed E-state index contributed by atoms with van der Waals surface area (Å²) in [4.78, 5) is 25.0. The van der Waals surface area contributed by atoms with Gasteiger partial charge in [0.2, 0.25) is 0 Å². The highest BCUT2D eigenvalue weighted by Gasteiger charge is 2.49. The molecule has 0 radical (unpaired) electrons. The molecule has 2 aliphatic rings. The minimum Gasteiger partial charge on any atom is -0.481 e. The fourth-order valence-electron chi connectivity index (χ4n) is 4.20. The number of carboxylic acid groups (broad SMARTS) is 1. The molecule has 0 spiro atoms. The van der Waals surface area contributed by atoms with Crippen molar-refractivity contribution in [2.45, 2.75) is 18.9 Å². The maximum Gasteiger partial charge on any atom is 0.300 e. The number of benzene rings is 2. The first kappa shape index (κ1) is 23.7. The lowest BCUT2D eigenvalue weighted by Crippen LogP contribution is -2.46. The largest absolute Gasteiger partial charge is 0.481 e. The average molecular weight is 496 g/mol. The van der Waals surface area contributed by atoms with Crippen molar-refractivity contribution >= 4 is 41.0 Å². The number of carbonyl (C=O) groups is 1. The monoisotopic (exact) mass is 495 g/mol. The maximum absolute atomic E-state index is 9.00. The van der Waals surface area contributed by atoms with E-state index in [1.54, 1.807) is 18.5 Å². The number of amidine groups is 1. The van der Waals surface area contributed by atoms with E-state index in [1.807, 2.05) is 41.3 Å². The second-order valence-corrected chi connectivity index (χ2v) is 8.69. The van der Waals surface area contributed by atoms with Gasteiger partial charge in [-0.3, -0.25) is 19.7 Å². The van der Waals surface area contributed by atoms with Gasteiger partial charge in [0.1, 0.15) is 5.84 Å². The number of guanidine groups is 1. The number of hydrogen-bond donors (Lipinski definition) is 2. The lowest BCUT2D eigenvalue weighted by Gasteiger charge is -2.33. The van der Waals surface area contributed by atoms with Crippen LogP contribution >= 0.6 is 23.2 Å². The first-order chi connectivity index (χ1) is 16.3. The van der Waals surface area contributed by atoms with E-state index in [9.17, 15) is 0 Å². The fraction of sp³-hybridized carbons (Fsp3) is 0.200. The second kappa shape index (κ2) is 9.83. The number of nitrogens with zero attached hydrogens (tertiary/aromatic N) is 4. The van der Waals surface area contributed by atoms with Gasteiger partial charge >= 0.3 is 0 Å². The number of hydrogen-bond acceptors (Lipinski definition) is 6. The fourth-order valence-corrected chi connectivity index (χ4v) is 4.60. The quantitative estimate of drug-likeness (QED) is 0.541. The van der Waals surface area contributed by atoms with Gasteiger partial charge in [0, 0.05) is 48.0 Å². The minimum absolute atomic E-state index is 0.483. The zero-order chi connectivity index (χ0) is 24.3. The third-order valence-corrected chi connectivity index (χ3v) is 6.12. The first-order valence-electron chi connectivity index (χ1n) is 10.7. The summed E-state index contributed by atoms with van der Waals surface area (Å²) in [7, 11) is 0. The molecule has 34 heavy (non-hydrogen) atoms. The van der Waals surface area contributed by atoms with Crippen LogP contribution < -0.4 is 5.73 Å². The van der Waals surface area contributed by atoms with E-state index in [-0.39, 0.29) is 0 Å². The van der Waals surface area contributed by atoms with Crippen LogP contribution in [0.15, 0.2) is 77.0 Å². The predicted octanol–water partition coefficient (Wildman–Crippen LogP) is 4.82. The molecule has 0 fully saturated rings. The van der Waals surface area contributed by atoms with Gasteiger partial charge in [-0.05, 0) is 59.5 Å². The number of halogens is 2. The van der Waals surface area contributed by atoms with Crippen molar-refractivity contribution in [3.63, 3.8) is 0 Å². The van der Waals surface area contributed by atoms with E-state index in [0.717, 1.165) is 54.5 Å². The van der Waals surface area contributed by atoms with Crippen LogP contribution in [0.1, 0.15) is 24.5 Å². The summed E-state index contributed by atoms with van der Waals surface area (Å²) in [6, 6.07) is 17.6. The van der Waals surface area contributed by atoms with Crippen LogP contribution in [0.25, 0.3) is 11.1 Å². The van der Waals surface area contributed by atoms with Gasteiger partial charge in [-0.15, -0.1) is 0 Å². The van der Waals surface area contributed by atoms with Crippen LogP contribution in [0.4, 0.5) is 0 Å². The van der Waals surface area contributed by atoms with Crippen LogP contribution in [-0.2, 0) is 10.3 Å². The predicted molar refractivity (Wildman–Crippen MR) is 135 cm³/mol. The number of carboxylic acids is 1. The smallest absolute Gasteiger partial charge is 0.300 e. The molecule has 1 unspecified atom stereocenters. The average Bonchev–Trinajstić information content (AvgIpc) is 3.14. The molecule has 2 aliphatic heterocycles. The summed E-state index contributed by atoms with van der Waals surface area (Å²) in [5.74, 6) is 0.503. The number of rotatable bonds is 3. The minimum atomic E-state index is -0.833. The van der Waals surface area contributed by atoms with E-state index in [4.69, 9.17) is 48.8 Å². The topological polar surface area (TPSA) is 104 Å². The molecule has 174 valence electrons. The van der Waals surface area contributed by atoms with E-state index >= 15 is 0 Å². The van der Waals surface area contributed by atoms with Crippen molar-refractivity contribution in [1.82, 2.24) is 9.88 Å². The molecule has 3 heterocycles. The molecule has 2 aromatic carbocycles. The molecule has 0 saturated heterocycles. The number of aromatic nitrogens is 1. The Bertz CT molecular complexity index is 1280. The maximum atomic E-state index is 9.00. The van der Waals surface area contributed by atoms with Crippen LogP contribution in [0, 0.1) is 0 Å². The van der Waals surface area contributed by atoms with E-state index in [1.165, 1.54) is 0 Å². The molecule has 0 saturated carbocycles. The van der Waals surface area contributed by atoms with E-state index in [2.05, 4.69) is 17.1 Å². The molecule has 7 nitrogen and oxygen atoms in total. The molecule has 0 aliphatic carbocycles. The van der Waals surface area contributed by atoms with Crippen molar-refractivity contribution in [3.8, 4) is 11.1 Å². The third-order valence-electron chi connectivity index (χ3n) is 5.56. The number of aliphatic imine (C=N–C) groups is 2. The van der Waals surface area contributed by atoms with E-state index in [0.29, 0.717) is 16.0 Å². The molecule has 5 rings (SSSR count). The molecule has 9 heteroatoms. The molecule has 0 bridgehead atoms. The molecule has 3 N–H and O–H groups in total. The highest BCUT2D eigenvalue weighted by Crippen LogP contribution is 2.43. The lowest BCUT2D eigenvalue weighted by molar-refractivity contribution is -0.134. The zero-order valence-electron chi connectivity index (χ0n) is 18.4. The summed E-state index contributed by atoms with van der Waals surface area (Å²) < 4.78 is 0. The Balaban J connectivity index is 0.000000636. The summed E-state index contributed by atoms with van der Waals surface area (Å²) in [6.45, 7) is 2.64. The Morgan fingerprint density at radius 3 is 2.56 bits per heavy atom. The van der Waals surface area contributed by atoms with Gasteiger partial charge in [0.25, 0.3) is 5.97 Å².